The summed E-state index contributed by atoms with van der Waals surface area (Å²) in [5, 5.41) is 0. The maximum atomic E-state index is 5.86. The summed E-state index contributed by atoms with van der Waals surface area (Å²) in [6.07, 6.45) is 0. The molecule has 0 unspecified atom stereocenters. The number of hydrogen-bond acceptors (Lipinski definition) is 2. The molecule has 1 aromatic rings. The van der Waals surface area contributed by atoms with Gasteiger partial charge in [-0.05, 0) is 0 Å². The van der Waals surface area contributed by atoms with Gasteiger partial charge in [0, 0.05) is 0 Å². The van der Waals surface area contributed by atoms with Crippen LogP contribution in [-0.2, 0) is 0 Å². The van der Waals surface area contributed by atoms with Crippen molar-refractivity contribution in [1.29, 1.82) is 0 Å². The van der Waals surface area contributed by atoms with E-state index in [4.69, 9.17) is 6.15 Å². The van der Waals surface area contributed by atoms with Gasteiger partial charge < -0.3 is 0 Å². The van der Waals surface area contributed by atoms with Crippen LogP contribution in [-0.4, -0.2) is 20.6 Å². The molecular formula is C10H14O2Sn. The third-order valence-electron chi connectivity index (χ3n) is 2.02. The average molecular weight is 285 g/mol. The Morgan fingerprint density at radius 2 is 1.46 bits per heavy atom. The van der Waals surface area contributed by atoms with Crippen molar-refractivity contribution in [3.8, 4) is 11.5 Å². The number of fused-ring (bicyclic) bond motifs is 1. The Morgan fingerprint density at radius 3 is 1.85 bits per heavy atom. The number of hydrogen-bond donors (Lipinski definition) is 0. The summed E-state index contributed by atoms with van der Waals surface area (Å²) in [7, 11) is 0. The summed E-state index contributed by atoms with van der Waals surface area (Å²) >= 11 is -2.27. The van der Waals surface area contributed by atoms with Gasteiger partial charge in [-0.2, -0.15) is 0 Å². The van der Waals surface area contributed by atoms with Gasteiger partial charge in [0.15, 0.2) is 0 Å². The minimum atomic E-state index is -2.27. The van der Waals surface area contributed by atoms with Gasteiger partial charge in [0.25, 0.3) is 0 Å². The van der Waals surface area contributed by atoms with E-state index in [0.717, 1.165) is 11.5 Å². The summed E-state index contributed by atoms with van der Waals surface area (Å²) in [5.74, 6) is 1.89. The second-order valence-corrected chi connectivity index (χ2v) is 12.6. The van der Waals surface area contributed by atoms with Crippen LogP contribution in [0.4, 0.5) is 0 Å². The molecule has 0 aromatic heterocycles. The van der Waals surface area contributed by atoms with Gasteiger partial charge in [-0.25, -0.2) is 0 Å². The summed E-state index contributed by atoms with van der Waals surface area (Å²) in [6, 6.07) is 7.94. The van der Waals surface area contributed by atoms with Crippen molar-refractivity contribution < 1.29 is 6.15 Å². The Kier molecular flexibility index (Phi) is 2.18. The van der Waals surface area contributed by atoms with Crippen LogP contribution in [0.5, 0.6) is 11.5 Å². The summed E-state index contributed by atoms with van der Waals surface area (Å²) in [4.78, 5) is 0. The van der Waals surface area contributed by atoms with E-state index in [2.05, 4.69) is 20.8 Å². The SMILES string of the molecule is C[C](C)(C)[SnH]1[O]c2ccccc2[O]1. The molecule has 0 amide bonds. The maximum absolute atomic E-state index is 5.86. The Hall–Kier alpha value is -0.381. The van der Waals surface area contributed by atoms with E-state index in [9.17, 15) is 0 Å². The molecule has 1 aliphatic rings. The van der Waals surface area contributed by atoms with Gasteiger partial charge in [-0.1, -0.05) is 0 Å². The Labute approximate surface area is 86.7 Å². The zero-order valence-corrected chi connectivity index (χ0v) is 11.5. The van der Waals surface area contributed by atoms with Crippen molar-refractivity contribution in [2.75, 3.05) is 0 Å². The van der Waals surface area contributed by atoms with Crippen LogP contribution < -0.4 is 6.15 Å². The molecule has 0 spiro atoms. The predicted molar refractivity (Wildman–Crippen MR) is 54.6 cm³/mol. The molecule has 1 aromatic carbocycles. The fraction of sp³-hybridized carbons (Fsp3) is 0.400. The third-order valence-corrected chi connectivity index (χ3v) is 8.73. The van der Waals surface area contributed by atoms with Gasteiger partial charge in [0.05, 0.1) is 0 Å². The van der Waals surface area contributed by atoms with Crippen molar-refractivity contribution in [2.24, 2.45) is 0 Å². The fourth-order valence-electron chi connectivity index (χ4n) is 1.25. The van der Waals surface area contributed by atoms with Crippen LogP contribution in [0.2, 0.25) is 3.43 Å². The topological polar surface area (TPSA) is 18.5 Å². The van der Waals surface area contributed by atoms with Crippen molar-refractivity contribution in [3.05, 3.63) is 24.3 Å². The van der Waals surface area contributed by atoms with E-state index in [0.29, 0.717) is 0 Å². The van der Waals surface area contributed by atoms with E-state index in [1.165, 1.54) is 0 Å². The minimum absolute atomic E-state index is 0.223. The van der Waals surface area contributed by atoms with Gasteiger partial charge in [0.2, 0.25) is 0 Å². The summed E-state index contributed by atoms with van der Waals surface area (Å²) < 4.78 is 11.9. The number of para-hydroxylation sites is 2. The van der Waals surface area contributed by atoms with Crippen molar-refractivity contribution in [2.45, 2.75) is 24.2 Å². The zero-order chi connectivity index (χ0) is 9.47. The van der Waals surface area contributed by atoms with Crippen LogP contribution in [0.3, 0.4) is 0 Å². The van der Waals surface area contributed by atoms with Crippen molar-refractivity contribution >= 4 is 20.6 Å². The van der Waals surface area contributed by atoms with Crippen molar-refractivity contribution in [1.82, 2.24) is 0 Å². The first-order valence-electron chi connectivity index (χ1n) is 4.50. The molecule has 0 atom stereocenters. The first-order valence-corrected chi connectivity index (χ1v) is 8.83. The van der Waals surface area contributed by atoms with Gasteiger partial charge >= 0.3 is 86.7 Å². The molecule has 0 N–H and O–H groups in total. The molecule has 1 heterocycles. The second-order valence-electron chi connectivity index (χ2n) is 4.38. The fourth-order valence-corrected chi connectivity index (χ4v) is 5.84. The zero-order valence-electron chi connectivity index (χ0n) is 8.20. The number of benzene rings is 1. The van der Waals surface area contributed by atoms with E-state index in [-0.39, 0.29) is 3.43 Å². The molecule has 0 saturated carbocycles. The first-order chi connectivity index (χ1) is 6.07. The van der Waals surface area contributed by atoms with Crippen molar-refractivity contribution in [3.63, 3.8) is 0 Å². The van der Waals surface area contributed by atoms with E-state index < -0.39 is 20.6 Å². The monoisotopic (exact) mass is 286 g/mol. The molecule has 13 heavy (non-hydrogen) atoms. The third kappa shape index (κ3) is 1.77. The Balaban J connectivity index is 2.23. The normalized spacial score (nSPS) is 16.2. The standard InChI is InChI=1S/C6H6O2.C4H9.Sn.H/c7-5-3-1-2-4-6(5)8;1-4(2)3;;/h1-4,7-8H;1-3H3;;/q;;+2;/p-2. The molecule has 0 aliphatic carbocycles. The predicted octanol–water partition coefficient (Wildman–Crippen LogP) is 2.48. The summed E-state index contributed by atoms with van der Waals surface area (Å²) in [5.41, 5.74) is 0. The molecule has 2 nitrogen and oxygen atoms in total. The first kappa shape index (κ1) is 9.18. The van der Waals surface area contributed by atoms with Crippen LogP contribution >= 0.6 is 0 Å². The molecule has 1 aliphatic heterocycles. The molecule has 0 saturated heterocycles. The van der Waals surface area contributed by atoms with E-state index in [1.54, 1.807) is 0 Å². The van der Waals surface area contributed by atoms with Crippen LogP contribution in [0, 0.1) is 0 Å². The molecule has 0 bridgehead atoms. The molecular weight excluding hydrogens is 271 g/mol. The van der Waals surface area contributed by atoms with Gasteiger partial charge in [-0.3, -0.25) is 0 Å². The quantitative estimate of drug-likeness (QED) is 0.682. The van der Waals surface area contributed by atoms with Crippen LogP contribution in [0.15, 0.2) is 24.3 Å². The van der Waals surface area contributed by atoms with E-state index >= 15 is 0 Å². The second kappa shape index (κ2) is 3.08. The van der Waals surface area contributed by atoms with Crippen LogP contribution in [0.25, 0.3) is 0 Å². The number of rotatable bonds is 0. The van der Waals surface area contributed by atoms with E-state index in [1.807, 2.05) is 24.3 Å². The molecule has 0 fully saturated rings. The van der Waals surface area contributed by atoms with Gasteiger partial charge in [0.1, 0.15) is 0 Å². The van der Waals surface area contributed by atoms with Gasteiger partial charge in [-0.15, -0.1) is 0 Å². The Bertz CT molecular complexity index is 292. The molecule has 70 valence electrons. The average Bonchev–Trinajstić information content (AvgIpc) is 2.45. The molecule has 0 radical (unpaired) electrons. The molecule has 2 rings (SSSR count). The van der Waals surface area contributed by atoms with Crippen LogP contribution in [0.1, 0.15) is 20.8 Å². The summed E-state index contributed by atoms with van der Waals surface area (Å²) in [6.45, 7) is 6.58. The molecule has 3 heteroatoms. The Morgan fingerprint density at radius 1 is 1.00 bits per heavy atom.